The van der Waals surface area contributed by atoms with Crippen molar-refractivity contribution in [2.45, 2.75) is 19.8 Å². The molecule has 0 spiro atoms. The van der Waals surface area contributed by atoms with Crippen molar-refractivity contribution in [3.63, 3.8) is 0 Å². The van der Waals surface area contributed by atoms with E-state index in [4.69, 9.17) is 19.1 Å². The lowest BCUT2D eigenvalue weighted by Gasteiger charge is -2.17. The van der Waals surface area contributed by atoms with Gasteiger partial charge in [0.2, 0.25) is 0 Å². The van der Waals surface area contributed by atoms with Crippen molar-refractivity contribution in [3.05, 3.63) is 59.4 Å². The third kappa shape index (κ3) is 3.83. The molecule has 28 heavy (non-hydrogen) atoms. The summed E-state index contributed by atoms with van der Waals surface area (Å²) in [5.41, 5.74) is 1.89. The number of hydrogen-bond acceptors (Lipinski definition) is 6. The third-order valence-corrected chi connectivity index (χ3v) is 4.53. The van der Waals surface area contributed by atoms with Crippen molar-refractivity contribution < 1.29 is 23.9 Å². The summed E-state index contributed by atoms with van der Waals surface area (Å²) in [7, 11) is 3.14. The summed E-state index contributed by atoms with van der Waals surface area (Å²) >= 11 is 0. The topological polar surface area (TPSA) is 94.7 Å². The average Bonchev–Trinajstić information content (AvgIpc) is 3.17. The van der Waals surface area contributed by atoms with E-state index in [-0.39, 0.29) is 17.4 Å². The van der Waals surface area contributed by atoms with E-state index in [2.05, 4.69) is 24.0 Å². The molecule has 1 aromatic heterocycles. The first kappa shape index (κ1) is 19.4. The molecule has 1 unspecified atom stereocenters. The number of carboxylic acids is 1. The number of methoxy groups -OCH3 is 2. The van der Waals surface area contributed by atoms with Gasteiger partial charge in [-0.2, -0.15) is 4.98 Å². The molecule has 0 aliphatic heterocycles. The lowest BCUT2D eigenvalue weighted by atomic mass is 9.87. The van der Waals surface area contributed by atoms with Crippen molar-refractivity contribution in [2.75, 3.05) is 14.2 Å². The highest BCUT2D eigenvalue weighted by Gasteiger charge is 2.25. The second-order valence-electron chi connectivity index (χ2n) is 6.68. The van der Waals surface area contributed by atoms with E-state index in [1.807, 2.05) is 6.07 Å². The van der Waals surface area contributed by atoms with Crippen LogP contribution in [0.15, 0.2) is 47.0 Å². The molecule has 7 heteroatoms. The van der Waals surface area contributed by atoms with Crippen molar-refractivity contribution in [1.82, 2.24) is 10.1 Å². The highest BCUT2D eigenvalue weighted by atomic mass is 16.5. The summed E-state index contributed by atoms with van der Waals surface area (Å²) < 4.78 is 16.1. The summed E-state index contributed by atoms with van der Waals surface area (Å²) in [6, 6.07) is 12.1. The molecule has 0 saturated carbocycles. The van der Waals surface area contributed by atoms with Gasteiger partial charge in [-0.05, 0) is 41.8 Å². The largest absolute Gasteiger partial charge is 0.493 e. The fraction of sp³-hybridized carbons (Fsp3) is 0.286. The Labute approximate surface area is 162 Å². The van der Waals surface area contributed by atoms with Crippen LogP contribution >= 0.6 is 0 Å². The zero-order valence-corrected chi connectivity index (χ0v) is 16.2. The number of aromatic carboxylic acids is 1. The number of rotatable bonds is 7. The number of benzene rings is 2. The highest BCUT2D eigenvalue weighted by Crippen LogP contribution is 2.34. The molecule has 1 atom stereocenters. The molecule has 2 aromatic carbocycles. The van der Waals surface area contributed by atoms with Gasteiger partial charge in [0.25, 0.3) is 5.89 Å². The van der Waals surface area contributed by atoms with E-state index in [9.17, 15) is 4.79 Å². The average molecular weight is 382 g/mol. The molecular formula is C21H22N2O5. The van der Waals surface area contributed by atoms with Gasteiger partial charge in [0.15, 0.2) is 17.3 Å². The predicted octanol–water partition coefficient (Wildman–Crippen LogP) is 4.24. The summed E-state index contributed by atoms with van der Waals surface area (Å²) in [4.78, 5) is 15.7. The van der Waals surface area contributed by atoms with Gasteiger partial charge in [0.05, 0.1) is 19.8 Å². The Morgan fingerprint density at radius 1 is 1.04 bits per heavy atom. The molecule has 0 amide bonds. The lowest BCUT2D eigenvalue weighted by Crippen LogP contribution is -2.11. The fourth-order valence-corrected chi connectivity index (χ4v) is 3.11. The van der Waals surface area contributed by atoms with Gasteiger partial charge in [-0.15, -0.1) is 0 Å². The Morgan fingerprint density at radius 2 is 1.71 bits per heavy atom. The second-order valence-corrected chi connectivity index (χ2v) is 6.68. The number of aromatic nitrogens is 2. The number of carboxylic acid groups (broad SMARTS) is 1. The van der Waals surface area contributed by atoms with Gasteiger partial charge < -0.3 is 19.1 Å². The van der Waals surface area contributed by atoms with E-state index < -0.39 is 5.97 Å². The minimum atomic E-state index is -0.956. The molecule has 0 radical (unpaired) electrons. The lowest BCUT2D eigenvalue weighted by molar-refractivity contribution is 0.0697. The van der Waals surface area contributed by atoms with E-state index in [1.54, 1.807) is 50.6 Å². The monoisotopic (exact) mass is 382 g/mol. The molecule has 3 aromatic rings. The molecule has 0 saturated heterocycles. The quantitative estimate of drug-likeness (QED) is 0.653. The number of ether oxygens (including phenoxy) is 2. The van der Waals surface area contributed by atoms with E-state index in [1.165, 1.54) is 0 Å². The molecule has 0 fully saturated rings. The number of nitrogens with zero attached hydrogens (tertiary/aromatic N) is 2. The minimum absolute atomic E-state index is 0.125. The fourth-order valence-electron chi connectivity index (χ4n) is 3.11. The van der Waals surface area contributed by atoms with Crippen LogP contribution < -0.4 is 9.47 Å². The summed E-state index contributed by atoms with van der Waals surface area (Å²) in [6.07, 6.45) is 0. The third-order valence-electron chi connectivity index (χ3n) is 4.53. The maximum atomic E-state index is 11.1. The molecular weight excluding hydrogens is 360 g/mol. The Bertz CT molecular complexity index is 963. The molecule has 0 bridgehead atoms. The van der Waals surface area contributed by atoms with Crippen molar-refractivity contribution in [3.8, 4) is 23.0 Å². The SMILES string of the molecule is COc1ccc(-c2nc(C(c3ccc(C(=O)O)cc3)C(C)C)no2)cc1OC. The smallest absolute Gasteiger partial charge is 0.335 e. The summed E-state index contributed by atoms with van der Waals surface area (Å²) in [5, 5.41) is 13.3. The van der Waals surface area contributed by atoms with Crippen LogP contribution in [0.4, 0.5) is 0 Å². The zero-order chi connectivity index (χ0) is 20.3. The number of hydrogen-bond donors (Lipinski definition) is 1. The molecule has 3 rings (SSSR count). The predicted molar refractivity (Wildman–Crippen MR) is 103 cm³/mol. The van der Waals surface area contributed by atoms with Crippen LogP contribution in [0.1, 0.15) is 41.5 Å². The van der Waals surface area contributed by atoms with Gasteiger partial charge >= 0.3 is 5.97 Å². The van der Waals surface area contributed by atoms with Gasteiger partial charge in [0, 0.05) is 11.5 Å². The first-order valence-electron chi connectivity index (χ1n) is 8.83. The molecule has 1 N–H and O–H groups in total. The van der Waals surface area contributed by atoms with Crippen LogP contribution in [0, 0.1) is 5.92 Å². The van der Waals surface area contributed by atoms with E-state index in [0.717, 1.165) is 11.1 Å². The van der Waals surface area contributed by atoms with Crippen LogP contribution in [0.3, 0.4) is 0 Å². The highest BCUT2D eigenvalue weighted by molar-refractivity contribution is 5.87. The van der Waals surface area contributed by atoms with Gasteiger partial charge in [0.1, 0.15) is 0 Å². The maximum absolute atomic E-state index is 11.1. The first-order chi connectivity index (χ1) is 13.4. The summed E-state index contributed by atoms with van der Waals surface area (Å²) in [6.45, 7) is 4.12. The standard InChI is InChI=1S/C21H22N2O5/c1-12(2)18(13-5-7-14(8-6-13)21(24)25)19-22-20(28-23-19)15-9-10-16(26-3)17(11-15)27-4/h5-12,18H,1-4H3,(H,24,25). The Morgan fingerprint density at radius 3 is 2.29 bits per heavy atom. The number of carbonyl (C=O) groups is 1. The van der Waals surface area contributed by atoms with Crippen LogP contribution in [0.5, 0.6) is 11.5 Å². The summed E-state index contributed by atoms with van der Waals surface area (Å²) in [5.74, 6) is 1.22. The molecule has 1 heterocycles. The van der Waals surface area contributed by atoms with E-state index >= 15 is 0 Å². The normalized spacial score (nSPS) is 12.0. The Kier molecular flexibility index (Phi) is 5.63. The second kappa shape index (κ2) is 8.12. The van der Waals surface area contributed by atoms with Crippen molar-refractivity contribution >= 4 is 5.97 Å². The maximum Gasteiger partial charge on any atom is 0.335 e. The molecule has 0 aliphatic rings. The van der Waals surface area contributed by atoms with Crippen LogP contribution in [0.25, 0.3) is 11.5 Å². The Balaban J connectivity index is 1.95. The molecule has 7 nitrogen and oxygen atoms in total. The minimum Gasteiger partial charge on any atom is -0.493 e. The van der Waals surface area contributed by atoms with Gasteiger partial charge in [-0.25, -0.2) is 4.79 Å². The van der Waals surface area contributed by atoms with E-state index in [0.29, 0.717) is 23.2 Å². The Hall–Kier alpha value is -3.35. The molecule has 146 valence electrons. The molecule has 0 aliphatic carbocycles. The van der Waals surface area contributed by atoms with Gasteiger partial charge in [-0.1, -0.05) is 31.1 Å². The van der Waals surface area contributed by atoms with Crippen molar-refractivity contribution in [1.29, 1.82) is 0 Å². The van der Waals surface area contributed by atoms with Gasteiger partial charge in [-0.3, -0.25) is 0 Å². The van der Waals surface area contributed by atoms with Crippen LogP contribution in [0.2, 0.25) is 0 Å². The van der Waals surface area contributed by atoms with Crippen LogP contribution in [-0.4, -0.2) is 35.4 Å². The van der Waals surface area contributed by atoms with Crippen LogP contribution in [-0.2, 0) is 0 Å². The zero-order valence-electron chi connectivity index (χ0n) is 16.2. The first-order valence-corrected chi connectivity index (χ1v) is 8.83. The van der Waals surface area contributed by atoms with Crippen molar-refractivity contribution in [2.24, 2.45) is 5.92 Å².